The van der Waals surface area contributed by atoms with Crippen LogP contribution in [0, 0.1) is 6.92 Å². The summed E-state index contributed by atoms with van der Waals surface area (Å²) >= 11 is 0. The first-order chi connectivity index (χ1) is 11.5. The van der Waals surface area contributed by atoms with Crippen LogP contribution in [0.1, 0.15) is 31.2 Å². The minimum Gasteiger partial charge on any atom is -0.471 e. The van der Waals surface area contributed by atoms with Crippen LogP contribution < -0.4 is 5.73 Å². The smallest absolute Gasteiger partial charge is 0.292 e. The molecular weight excluding hydrogens is 308 g/mol. The van der Waals surface area contributed by atoms with Crippen LogP contribution >= 0.6 is 0 Å². The number of aryl methyl sites for hydroxylation is 1. The molecule has 132 valence electrons. The number of likely N-dealkylation sites (tertiary alicyclic amines) is 1. The molecule has 0 aliphatic carbocycles. The number of likely N-dealkylation sites (N-methyl/N-ethyl adjacent to an activating group) is 1. The van der Waals surface area contributed by atoms with Crippen molar-refractivity contribution in [3.63, 3.8) is 0 Å². The average molecular weight is 334 g/mol. The van der Waals surface area contributed by atoms with Crippen LogP contribution in [-0.4, -0.2) is 48.8 Å². The maximum absolute atomic E-state index is 8.95. The highest BCUT2D eigenvalue weighted by Gasteiger charge is 2.30. The number of nitrogens with zero attached hydrogens (tertiary/aromatic N) is 3. The molecule has 7 nitrogen and oxygen atoms in total. The van der Waals surface area contributed by atoms with Crippen molar-refractivity contribution in [3.05, 3.63) is 29.7 Å². The number of hydrogen-bond donors (Lipinski definition) is 1. The first-order valence-electron chi connectivity index (χ1n) is 7.90. The van der Waals surface area contributed by atoms with Crippen molar-refractivity contribution in [2.45, 2.75) is 26.7 Å². The van der Waals surface area contributed by atoms with E-state index >= 15 is 0 Å². The van der Waals surface area contributed by atoms with E-state index < -0.39 is 0 Å². The second-order valence-electron chi connectivity index (χ2n) is 5.28. The molecule has 1 aromatic heterocycles. The molecule has 0 spiro atoms. The SMILES string of the molecule is CC.COC=O.Cc1ccc(-c2noc(C3CN(C)C3)n2)cc1N. The fourth-order valence-corrected chi connectivity index (χ4v) is 2.15. The van der Waals surface area contributed by atoms with E-state index in [1.807, 2.05) is 39.0 Å². The van der Waals surface area contributed by atoms with Crippen molar-refractivity contribution in [3.8, 4) is 11.4 Å². The van der Waals surface area contributed by atoms with E-state index in [0.717, 1.165) is 35.8 Å². The number of rotatable bonds is 3. The summed E-state index contributed by atoms with van der Waals surface area (Å²) < 4.78 is 9.17. The van der Waals surface area contributed by atoms with Gasteiger partial charge in [0.15, 0.2) is 0 Å². The maximum atomic E-state index is 8.95. The number of carbonyl (C=O) groups is 1. The van der Waals surface area contributed by atoms with E-state index in [4.69, 9.17) is 15.1 Å². The number of anilines is 1. The fraction of sp³-hybridized carbons (Fsp3) is 0.471. The number of nitrogen functional groups attached to an aromatic ring is 1. The Morgan fingerprint density at radius 1 is 1.38 bits per heavy atom. The van der Waals surface area contributed by atoms with Gasteiger partial charge >= 0.3 is 0 Å². The molecule has 0 saturated carbocycles. The zero-order valence-electron chi connectivity index (χ0n) is 14.9. The summed E-state index contributed by atoms with van der Waals surface area (Å²) in [4.78, 5) is 15.6. The molecule has 0 bridgehead atoms. The van der Waals surface area contributed by atoms with Crippen LogP contribution in [0.2, 0.25) is 0 Å². The molecule has 1 aliphatic rings. The third-order valence-electron chi connectivity index (χ3n) is 3.49. The van der Waals surface area contributed by atoms with Crippen molar-refractivity contribution in [1.82, 2.24) is 15.0 Å². The molecule has 2 heterocycles. The minimum atomic E-state index is 0.374. The molecule has 7 heteroatoms. The highest BCUT2D eigenvalue weighted by atomic mass is 16.5. The lowest BCUT2D eigenvalue weighted by molar-refractivity contribution is -0.126. The van der Waals surface area contributed by atoms with Gasteiger partial charge in [0.05, 0.1) is 13.0 Å². The van der Waals surface area contributed by atoms with E-state index in [1.54, 1.807) is 0 Å². The number of carbonyl (C=O) groups excluding carboxylic acids is 1. The Morgan fingerprint density at radius 3 is 2.50 bits per heavy atom. The first-order valence-corrected chi connectivity index (χ1v) is 7.90. The molecule has 0 unspecified atom stereocenters. The van der Waals surface area contributed by atoms with Crippen molar-refractivity contribution in [2.75, 3.05) is 33.0 Å². The summed E-state index contributed by atoms with van der Waals surface area (Å²) in [7, 11) is 3.39. The Labute approximate surface area is 142 Å². The molecule has 1 saturated heterocycles. The van der Waals surface area contributed by atoms with E-state index in [9.17, 15) is 0 Å². The van der Waals surface area contributed by atoms with Crippen LogP contribution in [0.5, 0.6) is 0 Å². The summed E-state index contributed by atoms with van der Waals surface area (Å²) in [6, 6.07) is 5.82. The Kier molecular flexibility index (Phi) is 7.91. The molecule has 1 aliphatic heterocycles. The third-order valence-corrected chi connectivity index (χ3v) is 3.49. The van der Waals surface area contributed by atoms with Gasteiger partial charge < -0.3 is 19.9 Å². The summed E-state index contributed by atoms with van der Waals surface area (Å²) in [6.07, 6.45) is 0. The third kappa shape index (κ3) is 5.06. The lowest BCUT2D eigenvalue weighted by Gasteiger charge is -2.33. The summed E-state index contributed by atoms with van der Waals surface area (Å²) in [5.74, 6) is 1.72. The summed E-state index contributed by atoms with van der Waals surface area (Å²) in [5, 5.41) is 4.02. The predicted octanol–water partition coefficient (Wildman–Crippen LogP) is 2.47. The Bertz CT molecular complexity index is 637. The molecule has 2 N–H and O–H groups in total. The lowest BCUT2D eigenvalue weighted by atomic mass is 10.0. The predicted molar refractivity (Wildman–Crippen MR) is 93.5 cm³/mol. The topological polar surface area (TPSA) is 94.5 Å². The highest BCUT2D eigenvalue weighted by molar-refractivity contribution is 5.63. The van der Waals surface area contributed by atoms with Gasteiger partial charge in [-0.25, -0.2) is 0 Å². The van der Waals surface area contributed by atoms with E-state index in [-0.39, 0.29) is 0 Å². The standard InChI is InChI=1S/C13H16N4O.C2H4O2.C2H6/c1-8-3-4-9(5-11(8)14)12-15-13(18-16-12)10-6-17(2)7-10;1-4-2-3;1-2/h3-5,10H,6-7,14H2,1-2H3;2H,1H3;1-2H3. The van der Waals surface area contributed by atoms with Gasteiger partial charge in [0.25, 0.3) is 6.47 Å². The average Bonchev–Trinajstić information content (AvgIpc) is 3.06. The van der Waals surface area contributed by atoms with E-state index in [1.165, 1.54) is 7.11 Å². The van der Waals surface area contributed by atoms with E-state index in [0.29, 0.717) is 18.2 Å². The largest absolute Gasteiger partial charge is 0.471 e. The highest BCUT2D eigenvalue weighted by Crippen LogP contribution is 2.27. The molecule has 1 fully saturated rings. The quantitative estimate of drug-likeness (QED) is 0.680. The normalized spacial score (nSPS) is 13.7. The molecule has 3 rings (SSSR count). The molecular formula is C17H26N4O3. The Morgan fingerprint density at radius 2 is 2.00 bits per heavy atom. The van der Waals surface area contributed by atoms with Gasteiger partial charge in [0.1, 0.15) is 0 Å². The van der Waals surface area contributed by atoms with Gasteiger partial charge in [0, 0.05) is 24.3 Å². The van der Waals surface area contributed by atoms with Gasteiger partial charge in [-0.3, -0.25) is 4.79 Å². The molecule has 0 atom stereocenters. The Balaban J connectivity index is 0.000000423. The van der Waals surface area contributed by atoms with Crippen molar-refractivity contribution in [1.29, 1.82) is 0 Å². The van der Waals surface area contributed by atoms with Gasteiger partial charge in [-0.15, -0.1) is 0 Å². The van der Waals surface area contributed by atoms with Crippen LogP contribution in [-0.2, 0) is 9.53 Å². The van der Waals surface area contributed by atoms with Crippen LogP contribution in [0.4, 0.5) is 5.69 Å². The second-order valence-corrected chi connectivity index (χ2v) is 5.28. The second kappa shape index (κ2) is 9.67. The number of aromatic nitrogens is 2. The Hall–Kier alpha value is -2.41. The van der Waals surface area contributed by atoms with Gasteiger partial charge in [-0.1, -0.05) is 31.1 Å². The van der Waals surface area contributed by atoms with E-state index in [2.05, 4.69) is 26.8 Å². The molecule has 0 radical (unpaired) electrons. The minimum absolute atomic E-state index is 0.374. The van der Waals surface area contributed by atoms with Crippen molar-refractivity contribution in [2.24, 2.45) is 0 Å². The van der Waals surface area contributed by atoms with Gasteiger partial charge in [0.2, 0.25) is 11.7 Å². The molecule has 2 aromatic rings. The molecule has 24 heavy (non-hydrogen) atoms. The van der Waals surface area contributed by atoms with Gasteiger partial charge in [-0.2, -0.15) is 4.98 Å². The van der Waals surface area contributed by atoms with Crippen LogP contribution in [0.3, 0.4) is 0 Å². The van der Waals surface area contributed by atoms with Crippen LogP contribution in [0.25, 0.3) is 11.4 Å². The van der Waals surface area contributed by atoms with Crippen molar-refractivity contribution < 1.29 is 14.1 Å². The molecule has 1 aromatic carbocycles. The number of benzene rings is 1. The lowest BCUT2D eigenvalue weighted by Crippen LogP contribution is -2.41. The number of methoxy groups -OCH3 is 1. The maximum Gasteiger partial charge on any atom is 0.292 e. The van der Waals surface area contributed by atoms with Crippen LogP contribution in [0.15, 0.2) is 22.7 Å². The number of nitrogens with two attached hydrogens (primary N) is 1. The number of ether oxygens (including phenoxy) is 1. The monoisotopic (exact) mass is 334 g/mol. The summed E-state index contributed by atoms with van der Waals surface area (Å²) in [5.41, 5.74) is 8.60. The van der Waals surface area contributed by atoms with Crippen molar-refractivity contribution >= 4 is 12.2 Å². The summed E-state index contributed by atoms with van der Waals surface area (Å²) in [6.45, 7) is 8.32. The zero-order chi connectivity index (χ0) is 18.1. The number of hydrogen-bond acceptors (Lipinski definition) is 7. The van der Waals surface area contributed by atoms with Gasteiger partial charge in [-0.05, 0) is 25.6 Å². The first kappa shape index (κ1) is 19.6. The molecule has 0 amide bonds. The zero-order valence-corrected chi connectivity index (χ0v) is 14.9. The fourth-order valence-electron chi connectivity index (χ4n) is 2.15.